The third-order valence-corrected chi connectivity index (χ3v) is 5.87. The summed E-state index contributed by atoms with van der Waals surface area (Å²) < 4.78 is 24.8. The number of aromatic carboxylic acids is 1. The smallest absolute Gasteiger partial charge is 0.336 e. The van der Waals surface area contributed by atoms with Crippen molar-refractivity contribution in [3.63, 3.8) is 0 Å². The lowest BCUT2D eigenvalue weighted by molar-refractivity contribution is 0.0696. The van der Waals surface area contributed by atoms with E-state index in [2.05, 4.69) is 0 Å². The molecule has 7 heteroatoms. The highest BCUT2D eigenvalue weighted by atomic mass is 35.5. The Morgan fingerprint density at radius 3 is 2.65 bits per heavy atom. The molecular weight excluding hydrogens is 320 g/mol. The molecule has 0 aliphatic heterocycles. The maximum atomic E-state index is 12.4. The van der Waals surface area contributed by atoms with E-state index in [0.29, 0.717) is 4.88 Å². The highest BCUT2D eigenvalue weighted by Gasteiger charge is 2.23. The summed E-state index contributed by atoms with van der Waals surface area (Å²) in [6.45, 7) is 1.47. The first-order valence-corrected chi connectivity index (χ1v) is 8.51. The molecule has 0 bridgehead atoms. The minimum absolute atomic E-state index is 0.0317. The van der Waals surface area contributed by atoms with E-state index in [0.717, 1.165) is 0 Å². The molecule has 0 saturated heterocycles. The third-order valence-electron chi connectivity index (χ3n) is 2.80. The number of hydrogen-bond acceptors (Lipinski definition) is 4. The number of carboxylic acid groups (broad SMARTS) is 1. The zero-order chi connectivity index (χ0) is 14.9. The van der Waals surface area contributed by atoms with Gasteiger partial charge in [-0.05, 0) is 36.1 Å². The molecule has 20 heavy (non-hydrogen) atoms. The van der Waals surface area contributed by atoms with Gasteiger partial charge in [0.2, 0.25) is 0 Å². The molecule has 0 aliphatic carbocycles. The topological polar surface area (TPSA) is 71.4 Å². The average Bonchev–Trinajstić information content (AvgIpc) is 2.83. The lowest BCUT2D eigenvalue weighted by Crippen LogP contribution is -2.10. The van der Waals surface area contributed by atoms with Crippen molar-refractivity contribution < 1.29 is 18.3 Å². The summed E-state index contributed by atoms with van der Waals surface area (Å²) in [5, 5.41) is 11.0. The lowest BCUT2D eigenvalue weighted by atomic mass is 10.1. The van der Waals surface area contributed by atoms with E-state index in [1.165, 1.54) is 30.4 Å². The predicted octanol–water partition coefficient (Wildman–Crippen LogP) is 3.38. The molecule has 0 atom stereocenters. The molecule has 1 aromatic carbocycles. The minimum atomic E-state index is -3.63. The van der Waals surface area contributed by atoms with Crippen LogP contribution in [0.25, 0.3) is 0 Å². The van der Waals surface area contributed by atoms with E-state index in [9.17, 15) is 13.2 Å². The number of carboxylic acids is 1. The van der Waals surface area contributed by atoms with Crippen molar-refractivity contribution in [1.29, 1.82) is 0 Å². The molecule has 0 fully saturated rings. The quantitative estimate of drug-likeness (QED) is 0.932. The predicted molar refractivity (Wildman–Crippen MR) is 78.4 cm³/mol. The summed E-state index contributed by atoms with van der Waals surface area (Å²) >= 11 is 7.17. The summed E-state index contributed by atoms with van der Waals surface area (Å²) in [4.78, 5) is 11.8. The van der Waals surface area contributed by atoms with Gasteiger partial charge in [-0.3, -0.25) is 0 Å². The van der Waals surface area contributed by atoms with Crippen molar-refractivity contribution >= 4 is 38.7 Å². The molecular formula is C13H11ClO4S2. The van der Waals surface area contributed by atoms with Crippen molar-refractivity contribution in [3.05, 3.63) is 50.7 Å². The standard InChI is InChI=1S/C13H11ClO4S2/c1-8-11(13(15)16)5-9(14)6-12(8)20(17,18)7-10-3-2-4-19-10/h2-6H,7H2,1H3,(H,15,16). The molecule has 4 nitrogen and oxygen atoms in total. The van der Waals surface area contributed by atoms with Crippen molar-refractivity contribution in [1.82, 2.24) is 0 Å². The van der Waals surface area contributed by atoms with Gasteiger partial charge in [-0.2, -0.15) is 0 Å². The van der Waals surface area contributed by atoms with E-state index in [1.54, 1.807) is 17.5 Å². The minimum Gasteiger partial charge on any atom is -0.478 e. The Bertz CT molecular complexity index is 749. The van der Waals surface area contributed by atoms with Crippen LogP contribution in [0.3, 0.4) is 0 Å². The van der Waals surface area contributed by atoms with Gasteiger partial charge in [-0.15, -0.1) is 11.3 Å². The number of sulfone groups is 1. The number of halogens is 1. The summed E-state index contributed by atoms with van der Waals surface area (Å²) in [6, 6.07) is 6.04. The molecule has 0 radical (unpaired) electrons. The first-order valence-electron chi connectivity index (χ1n) is 5.60. The molecule has 0 unspecified atom stereocenters. The molecule has 0 amide bonds. The summed E-state index contributed by atoms with van der Waals surface area (Å²) in [7, 11) is -3.63. The van der Waals surface area contributed by atoms with Gasteiger partial charge in [-0.1, -0.05) is 17.7 Å². The van der Waals surface area contributed by atoms with Crippen LogP contribution in [-0.4, -0.2) is 19.5 Å². The maximum Gasteiger partial charge on any atom is 0.336 e. The van der Waals surface area contributed by atoms with Crippen LogP contribution in [0.5, 0.6) is 0 Å². The van der Waals surface area contributed by atoms with Crippen LogP contribution < -0.4 is 0 Å². The fourth-order valence-corrected chi connectivity index (χ4v) is 4.88. The Kier molecular flexibility index (Phi) is 4.17. The number of rotatable bonds is 4. The number of hydrogen-bond donors (Lipinski definition) is 1. The SMILES string of the molecule is Cc1c(C(=O)O)cc(Cl)cc1S(=O)(=O)Cc1cccs1. The fraction of sp³-hybridized carbons (Fsp3) is 0.154. The van der Waals surface area contributed by atoms with Crippen LogP contribution >= 0.6 is 22.9 Å². The van der Waals surface area contributed by atoms with E-state index in [4.69, 9.17) is 16.7 Å². The van der Waals surface area contributed by atoms with Gasteiger partial charge in [0.1, 0.15) is 0 Å². The monoisotopic (exact) mass is 330 g/mol. The Balaban J connectivity index is 2.54. The normalized spacial score (nSPS) is 11.5. The zero-order valence-electron chi connectivity index (χ0n) is 10.5. The van der Waals surface area contributed by atoms with E-state index < -0.39 is 15.8 Å². The second-order valence-corrected chi connectivity index (χ2v) is 7.65. The van der Waals surface area contributed by atoms with E-state index in [1.807, 2.05) is 0 Å². The molecule has 1 heterocycles. The third kappa shape index (κ3) is 3.03. The first-order chi connectivity index (χ1) is 9.31. The second-order valence-electron chi connectivity index (χ2n) is 4.22. The van der Waals surface area contributed by atoms with E-state index in [-0.39, 0.29) is 26.8 Å². The van der Waals surface area contributed by atoms with Gasteiger partial charge < -0.3 is 5.11 Å². The number of thiophene rings is 1. The summed E-state index contributed by atoms with van der Waals surface area (Å²) in [6.07, 6.45) is 0. The van der Waals surface area contributed by atoms with Gasteiger partial charge in [0, 0.05) is 9.90 Å². The second kappa shape index (κ2) is 5.55. The molecule has 0 spiro atoms. The zero-order valence-corrected chi connectivity index (χ0v) is 12.8. The Morgan fingerprint density at radius 2 is 2.10 bits per heavy atom. The number of carbonyl (C=O) groups is 1. The van der Waals surface area contributed by atoms with Crippen LogP contribution in [-0.2, 0) is 15.6 Å². The van der Waals surface area contributed by atoms with Crippen LogP contribution in [0.1, 0.15) is 20.8 Å². The highest BCUT2D eigenvalue weighted by molar-refractivity contribution is 7.90. The van der Waals surface area contributed by atoms with Crippen molar-refractivity contribution in [2.24, 2.45) is 0 Å². The molecule has 0 aliphatic rings. The molecule has 1 aromatic heterocycles. The van der Waals surface area contributed by atoms with Gasteiger partial charge >= 0.3 is 5.97 Å². The van der Waals surface area contributed by atoms with Gasteiger partial charge in [0.25, 0.3) is 0 Å². The van der Waals surface area contributed by atoms with Crippen molar-refractivity contribution in [2.75, 3.05) is 0 Å². The van der Waals surface area contributed by atoms with Crippen LogP contribution in [0.2, 0.25) is 5.02 Å². The Morgan fingerprint density at radius 1 is 1.40 bits per heavy atom. The molecule has 0 saturated carbocycles. The molecule has 2 rings (SSSR count). The summed E-state index contributed by atoms with van der Waals surface area (Å²) in [5.74, 6) is -1.36. The molecule has 2 aromatic rings. The maximum absolute atomic E-state index is 12.4. The molecule has 1 N–H and O–H groups in total. The van der Waals surface area contributed by atoms with Gasteiger partial charge in [0.05, 0.1) is 16.2 Å². The van der Waals surface area contributed by atoms with Gasteiger partial charge in [-0.25, -0.2) is 13.2 Å². The average molecular weight is 331 g/mol. The summed E-state index contributed by atoms with van der Waals surface area (Å²) in [5.41, 5.74) is 0.112. The van der Waals surface area contributed by atoms with E-state index >= 15 is 0 Å². The highest BCUT2D eigenvalue weighted by Crippen LogP contribution is 2.28. The Labute approximate surface area is 125 Å². The fourth-order valence-electron chi connectivity index (χ4n) is 1.86. The first kappa shape index (κ1) is 15.0. The Hall–Kier alpha value is -1.37. The molecule has 106 valence electrons. The lowest BCUT2D eigenvalue weighted by Gasteiger charge is -2.10. The largest absolute Gasteiger partial charge is 0.478 e. The number of benzene rings is 1. The van der Waals surface area contributed by atoms with Crippen LogP contribution in [0.4, 0.5) is 0 Å². The van der Waals surface area contributed by atoms with Crippen LogP contribution in [0, 0.1) is 6.92 Å². The van der Waals surface area contributed by atoms with Crippen molar-refractivity contribution in [3.8, 4) is 0 Å². The van der Waals surface area contributed by atoms with Crippen molar-refractivity contribution in [2.45, 2.75) is 17.6 Å². The van der Waals surface area contributed by atoms with Gasteiger partial charge in [0.15, 0.2) is 9.84 Å². The van der Waals surface area contributed by atoms with Crippen LogP contribution in [0.15, 0.2) is 34.5 Å².